The molecule has 1 aromatic carbocycles. The molecule has 0 aliphatic rings. The molecule has 136 valence electrons. The SMILES string of the molecule is Cc1cc2oc(=O)cc(C)c2cc1NC(=O)c1csc([C@H](N)C(C)C)n1. The summed E-state index contributed by atoms with van der Waals surface area (Å²) in [6.45, 7) is 7.72. The number of anilines is 1. The Bertz CT molecular complexity index is 1040. The predicted molar refractivity (Wildman–Crippen MR) is 104 cm³/mol. The van der Waals surface area contributed by atoms with Crippen molar-refractivity contribution in [2.75, 3.05) is 5.32 Å². The maximum Gasteiger partial charge on any atom is 0.336 e. The highest BCUT2D eigenvalue weighted by atomic mass is 32.1. The van der Waals surface area contributed by atoms with Crippen LogP contribution in [0.2, 0.25) is 0 Å². The van der Waals surface area contributed by atoms with Gasteiger partial charge in [-0.2, -0.15) is 0 Å². The summed E-state index contributed by atoms with van der Waals surface area (Å²) < 4.78 is 5.23. The van der Waals surface area contributed by atoms with Gasteiger partial charge in [-0.25, -0.2) is 9.78 Å². The summed E-state index contributed by atoms with van der Waals surface area (Å²) in [5.74, 6) is -0.0432. The molecule has 1 atom stereocenters. The highest BCUT2D eigenvalue weighted by molar-refractivity contribution is 7.09. The van der Waals surface area contributed by atoms with E-state index >= 15 is 0 Å². The second kappa shape index (κ2) is 7.01. The summed E-state index contributed by atoms with van der Waals surface area (Å²) in [4.78, 5) is 28.5. The quantitative estimate of drug-likeness (QED) is 0.680. The topological polar surface area (TPSA) is 98.2 Å². The zero-order chi connectivity index (χ0) is 19.0. The number of aromatic nitrogens is 1. The molecule has 2 aromatic heterocycles. The molecule has 26 heavy (non-hydrogen) atoms. The molecule has 3 aromatic rings. The number of hydrogen-bond acceptors (Lipinski definition) is 6. The van der Waals surface area contributed by atoms with Crippen LogP contribution in [0.25, 0.3) is 11.0 Å². The number of hydrogen-bond donors (Lipinski definition) is 2. The molecule has 2 heterocycles. The Morgan fingerprint density at radius 2 is 1.96 bits per heavy atom. The van der Waals surface area contributed by atoms with Gasteiger partial charge in [0.1, 0.15) is 16.3 Å². The molecule has 0 saturated heterocycles. The molecular formula is C19H21N3O3S. The Kier molecular flexibility index (Phi) is 4.93. The highest BCUT2D eigenvalue weighted by Gasteiger charge is 2.18. The average molecular weight is 371 g/mol. The molecule has 0 fully saturated rings. The van der Waals surface area contributed by atoms with Gasteiger partial charge in [-0.1, -0.05) is 13.8 Å². The van der Waals surface area contributed by atoms with E-state index in [0.29, 0.717) is 17.0 Å². The van der Waals surface area contributed by atoms with E-state index in [1.165, 1.54) is 17.4 Å². The number of rotatable bonds is 4. The molecular weight excluding hydrogens is 350 g/mol. The van der Waals surface area contributed by atoms with Crippen molar-refractivity contribution in [3.8, 4) is 0 Å². The lowest BCUT2D eigenvalue weighted by atomic mass is 10.1. The first-order valence-electron chi connectivity index (χ1n) is 8.33. The minimum atomic E-state index is -0.386. The number of aryl methyl sites for hydroxylation is 2. The largest absolute Gasteiger partial charge is 0.423 e. The molecule has 0 unspecified atom stereocenters. The van der Waals surface area contributed by atoms with E-state index in [1.54, 1.807) is 11.4 Å². The van der Waals surface area contributed by atoms with Crippen molar-refractivity contribution < 1.29 is 9.21 Å². The molecule has 0 aliphatic heterocycles. The van der Waals surface area contributed by atoms with Crippen LogP contribution in [0.15, 0.2) is 32.8 Å². The van der Waals surface area contributed by atoms with E-state index in [1.807, 2.05) is 33.8 Å². The Labute approximate surface area is 155 Å². The maximum absolute atomic E-state index is 12.6. The summed E-state index contributed by atoms with van der Waals surface area (Å²) in [5.41, 5.74) is 8.81. The van der Waals surface area contributed by atoms with Gasteiger partial charge >= 0.3 is 5.63 Å². The lowest BCUT2D eigenvalue weighted by Gasteiger charge is -2.12. The fourth-order valence-electron chi connectivity index (χ4n) is 2.62. The second-order valence-electron chi connectivity index (χ2n) is 6.71. The maximum atomic E-state index is 12.6. The molecule has 0 saturated carbocycles. The standard InChI is InChI=1S/C19H21N3O3S/c1-9(2)17(20)19-22-14(8-26-19)18(24)21-13-7-12-10(3)6-16(23)25-15(12)5-11(13)4/h5-9,17H,20H2,1-4H3,(H,21,24)/t17-/m1/s1. The lowest BCUT2D eigenvalue weighted by molar-refractivity contribution is 0.102. The zero-order valence-electron chi connectivity index (χ0n) is 15.1. The van der Waals surface area contributed by atoms with Gasteiger partial charge in [0.05, 0.1) is 6.04 Å². The molecule has 0 radical (unpaired) electrons. The van der Waals surface area contributed by atoms with E-state index in [0.717, 1.165) is 21.5 Å². The number of nitrogens with one attached hydrogen (secondary N) is 1. The van der Waals surface area contributed by atoms with Crippen molar-refractivity contribution in [3.63, 3.8) is 0 Å². The molecule has 6 nitrogen and oxygen atoms in total. The van der Waals surface area contributed by atoms with Crippen LogP contribution >= 0.6 is 11.3 Å². The first-order chi connectivity index (χ1) is 12.3. The highest BCUT2D eigenvalue weighted by Crippen LogP contribution is 2.26. The van der Waals surface area contributed by atoms with E-state index in [9.17, 15) is 9.59 Å². The predicted octanol–water partition coefficient (Wildman–Crippen LogP) is 3.77. The van der Waals surface area contributed by atoms with Crippen LogP contribution in [0.5, 0.6) is 0 Å². The number of benzene rings is 1. The molecule has 1 amide bonds. The number of nitrogens with zero attached hydrogens (tertiary/aromatic N) is 1. The molecule has 0 aliphatic carbocycles. The average Bonchev–Trinajstić information content (AvgIpc) is 3.05. The van der Waals surface area contributed by atoms with Crippen LogP contribution in [-0.2, 0) is 0 Å². The van der Waals surface area contributed by atoms with Gasteiger partial charge in [0.15, 0.2) is 0 Å². The van der Waals surface area contributed by atoms with Crippen LogP contribution in [-0.4, -0.2) is 10.9 Å². The van der Waals surface area contributed by atoms with Crippen LogP contribution < -0.4 is 16.7 Å². The fraction of sp³-hybridized carbons (Fsp3) is 0.316. The van der Waals surface area contributed by atoms with Crippen molar-refractivity contribution >= 4 is 33.9 Å². The molecule has 0 spiro atoms. The van der Waals surface area contributed by atoms with Crippen molar-refractivity contribution in [1.29, 1.82) is 0 Å². The summed E-state index contributed by atoms with van der Waals surface area (Å²) >= 11 is 1.39. The fourth-order valence-corrected chi connectivity index (χ4v) is 3.59. The van der Waals surface area contributed by atoms with Crippen molar-refractivity contribution in [1.82, 2.24) is 4.98 Å². The van der Waals surface area contributed by atoms with Gasteiger partial charge in [-0.15, -0.1) is 11.3 Å². The van der Waals surface area contributed by atoms with Crippen LogP contribution in [0.4, 0.5) is 5.69 Å². The molecule has 7 heteroatoms. The van der Waals surface area contributed by atoms with E-state index in [4.69, 9.17) is 10.2 Å². The minimum absolute atomic E-state index is 0.186. The number of fused-ring (bicyclic) bond motifs is 1. The van der Waals surface area contributed by atoms with Crippen LogP contribution in [0.1, 0.15) is 46.5 Å². The van der Waals surface area contributed by atoms with Gasteiger partial charge in [-0.05, 0) is 43.0 Å². The van der Waals surface area contributed by atoms with Gasteiger partial charge in [-0.3, -0.25) is 4.79 Å². The number of carbonyl (C=O) groups is 1. The molecule has 0 bridgehead atoms. The zero-order valence-corrected chi connectivity index (χ0v) is 15.9. The third-order valence-corrected chi connectivity index (χ3v) is 5.25. The number of thiazole rings is 1. The number of amides is 1. The lowest BCUT2D eigenvalue weighted by Crippen LogP contribution is -2.18. The molecule has 3 rings (SSSR count). The minimum Gasteiger partial charge on any atom is -0.423 e. The Hall–Kier alpha value is -2.51. The van der Waals surface area contributed by atoms with Crippen LogP contribution in [0.3, 0.4) is 0 Å². The van der Waals surface area contributed by atoms with Gasteiger partial charge in [0, 0.05) is 22.5 Å². The number of nitrogens with two attached hydrogens (primary N) is 1. The monoisotopic (exact) mass is 371 g/mol. The van der Waals surface area contributed by atoms with Gasteiger partial charge in [0.2, 0.25) is 0 Å². The Balaban J connectivity index is 1.90. The second-order valence-corrected chi connectivity index (χ2v) is 7.60. The molecule has 3 N–H and O–H groups in total. The summed E-state index contributed by atoms with van der Waals surface area (Å²) in [5, 5.41) is 6.13. The van der Waals surface area contributed by atoms with Crippen molar-refractivity contribution in [3.05, 3.63) is 55.8 Å². The van der Waals surface area contributed by atoms with Crippen molar-refractivity contribution in [2.45, 2.75) is 33.7 Å². The summed E-state index contributed by atoms with van der Waals surface area (Å²) in [6.07, 6.45) is 0. The van der Waals surface area contributed by atoms with E-state index in [-0.39, 0.29) is 23.5 Å². The number of carbonyl (C=O) groups excluding carboxylic acids is 1. The van der Waals surface area contributed by atoms with E-state index in [2.05, 4.69) is 10.3 Å². The summed E-state index contributed by atoms with van der Waals surface area (Å²) in [7, 11) is 0. The third-order valence-electron chi connectivity index (χ3n) is 4.30. The Morgan fingerprint density at radius 3 is 2.65 bits per heavy atom. The summed E-state index contributed by atoms with van der Waals surface area (Å²) in [6, 6.07) is 4.81. The normalized spacial score (nSPS) is 12.5. The van der Waals surface area contributed by atoms with E-state index < -0.39 is 0 Å². The van der Waals surface area contributed by atoms with Gasteiger partial charge < -0.3 is 15.5 Å². The Morgan fingerprint density at radius 1 is 1.23 bits per heavy atom. The third kappa shape index (κ3) is 3.54. The first kappa shape index (κ1) is 18.3. The van der Waals surface area contributed by atoms with Gasteiger partial charge in [0.25, 0.3) is 5.91 Å². The van der Waals surface area contributed by atoms with Crippen molar-refractivity contribution in [2.24, 2.45) is 11.7 Å². The van der Waals surface area contributed by atoms with Crippen LogP contribution in [0, 0.1) is 19.8 Å². The smallest absolute Gasteiger partial charge is 0.336 e. The first-order valence-corrected chi connectivity index (χ1v) is 9.21.